The summed E-state index contributed by atoms with van der Waals surface area (Å²) in [5, 5.41) is 15.7. The van der Waals surface area contributed by atoms with Gasteiger partial charge in [0.25, 0.3) is 0 Å². The molecule has 7 nitrogen and oxygen atoms in total. The number of anilines is 2. The molecule has 0 aliphatic heterocycles. The van der Waals surface area contributed by atoms with Gasteiger partial charge in [-0.1, -0.05) is 0 Å². The van der Waals surface area contributed by atoms with Crippen molar-refractivity contribution in [2.24, 2.45) is 0 Å². The molecule has 0 aliphatic rings. The van der Waals surface area contributed by atoms with Crippen molar-refractivity contribution in [1.82, 2.24) is 19.7 Å². The van der Waals surface area contributed by atoms with E-state index in [1.807, 2.05) is 0 Å². The lowest BCUT2D eigenvalue weighted by molar-refractivity contribution is -0.137. The number of carboxylic acids is 1. The number of nitrogens with one attached hydrogen (secondary N) is 1. The molecule has 0 atom stereocenters. The Bertz CT molecular complexity index is 889. The number of alkyl halides is 3. The molecule has 3 rings (SSSR count). The van der Waals surface area contributed by atoms with Gasteiger partial charge in [-0.05, 0) is 36.4 Å². The fourth-order valence-electron chi connectivity index (χ4n) is 1.97. The maximum atomic E-state index is 12.6. The average Bonchev–Trinajstić information content (AvgIpc) is 3.03. The predicted octanol–water partition coefficient (Wildman–Crippen LogP) is 3.12. The van der Waals surface area contributed by atoms with Gasteiger partial charge in [0.1, 0.15) is 12.0 Å². The summed E-state index contributed by atoms with van der Waals surface area (Å²) in [5.74, 6) is -0.957. The van der Waals surface area contributed by atoms with Crippen molar-refractivity contribution >= 4 is 17.6 Å². The lowest BCUT2D eigenvalue weighted by Crippen LogP contribution is -2.05. The average molecular weight is 349 g/mol. The van der Waals surface area contributed by atoms with Gasteiger partial charge in [0, 0.05) is 0 Å². The maximum absolute atomic E-state index is 12.6. The van der Waals surface area contributed by atoms with Crippen LogP contribution in [0.25, 0.3) is 5.69 Å². The molecule has 10 heteroatoms. The van der Waals surface area contributed by atoms with Crippen molar-refractivity contribution in [3.8, 4) is 5.69 Å². The summed E-state index contributed by atoms with van der Waals surface area (Å²) in [7, 11) is 0. The zero-order valence-electron chi connectivity index (χ0n) is 12.4. The normalized spacial score (nSPS) is 11.3. The molecule has 0 amide bonds. The number of hydrogen-bond donors (Lipinski definition) is 2. The largest absolute Gasteiger partial charge is 0.477 e. The zero-order valence-corrected chi connectivity index (χ0v) is 12.4. The molecule has 0 saturated heterocycles. The standard InChI is InChI=1S/C15H10F3N5O2/c16-15(17,18)9-1-4-11(5-2-9)23-8-20-14(22-23)21-10-3-6-12(13(24)25)19-7-10/h1-8H,(H,21,22)(H,24,25). The first-order chi connectivity index (χ1) is 11.8. The lowest BCUT2D eigenvalue weighted by atomic mass is 10.2. The summed E-state index contributed by atoms with van der Waals surface area (Å²) in [6.45, 7) is 0. The van der Waals surface area contributed by atoms with Crippen LogP contribution in [-0.4, -0.2) is 30.8 Å². The third kappa shape index (κ3) is 3.74. The molecule has 2 heterocycles. The minimum atomic E-state index is -4.40. The van der Waals surface area contributed by atoms with Gasteiger partial charge in [0.2, 0.25) is 5.95 Å². The molecule has 0 radical (unpaired) electrons. The molecule has 0 unspecified atom stereocenters. The van der Waals surface area contributed by atoms with Crippen LogP contribution < -0.4 is 5.32 Å². The first-order valence-corrected chi connectivity index (χ1v) is 6.88. The summed E-state index contributed by atoms with van der Waals surface area (Å²) in [5.41, 5.74) is 0.0242. The third-order valence-corrected chi connectivity index (χ3v) is 3.19. The summed E-state index contributed by atoms with van der Waals surface area (Å²) < 4.78 is 39.0. The first kappa shape index (κ1) is 16.4. The molecule has 0 fully saturated rings. The van der Waals surface area contributed by atoms with Crippen molar-refractivity contribution in [1.29, 1.82) is 0 Å². The summed E-state index contributed by atoms with van der Waals surface area (Å²) >= 11 is 0. The highest BCUT2D eigenvalue weighted by molar-refractivity contribution is 5.85. The minimum absolute atomic E-state index is 0.103. The molecule has 25 heavy (non-hydrogen) atoms. The van der Waals surface area contributed by atoms with Crippen LogP contribution >= 0.6 is 0 Å². The van der Waals surface area contributed by atoms with E-state index in [1.54, 1.807) is 0 Å². The Balaban J connectivity index is 1.75. The second-order valence-corrected chi connectivity index (χ2v) is 4.92. The van der Waals surface area contributed by atoms with Gasteiger partial charge in [-0.25, -0.2) is 14.5 Å². The topological polar surface area (TPSA) is 92.9 Å². The van der Waals surface area contributed by atoms with E-state index in [-0.39, 0.29) is 11.6 Å². The molecule has 2 aromatic heterocycles. The second kappa shape index (κ2) is 6.23. The van der Waals surface area contributed by atoms with Crippen LogP contribution in [0.5, 0.6) is 0 Å². The van der Waals surface area contributed by atoms with Crippen molar-refractivity contribution in [2.75, 3.05) is 5.32 Å². The number of hydrogen-bond acceptors (Lipinski definition) is 5. The second-order valence-electron chi connectivity index (χ2n) is 4.92. The maximum Gasteiger partial charge on any atom is 0.416 e. The van der Waals surface area contributed by atoms with E-state index in [0.29, 0.717) is 11.4 Å². The highest BCUT2D eigenvalue weighted by atomic mass is 19.4. The van der Waals surface area contributed by atoms with Crippen LogP contribution in [0.3, 0.4) is 0 Å². The van der Waals surface area contributed by atoms with Gasteiger partial charge < -0.3 is 10.4 Å². The predicted molar refractivity (Wildman–Crippen MR) is 80.8 cm³/mol. The van der Waals surface area contributed by atoms with E-state index in [1.165, 1.54) is 41.5 Å². The van der Waals surface area contributed by atoms with Crippen LogP contribution in [0.1, 0.15) is 16.1 Å². The van der Waals surface area contributed by atoms with Crippen molar-refractivity contribution in [2.45, 2.75) is 6.18 Å². The van der Waals surface area contributed by atoms with E-state index in [2.05, 4.69) is 20.4 Å². The molecular weight excluding hydrogens is 339 g/mol. The van der Waals surface area contributed by atoms with Crippen molar-refractivity contribution < 1.29 is 23.1 Å². The minimum Gasteiger partial charge on any atom is -0.477 e. The summed E-state index contributed by atoms with van der Waals surface area (Å²) in [6.07, 6.45) is -1.75. The number of carbonyl (C=O) groups is 1. The van der Waals surface area contributed by atoms with Gasteiger partial charge in [-0.2, -0.15) is 18.2 Å². The van der Waals surface area contributed by atoms with Crippen LogP contribution in [-0.2, 0) is 6.18 Å². The molecule has 2 N–H and O–H groups in total. The number of benzene rings is 1. The summed E-state index contributed by atoms with van der Waals surface area (Å²) in [4.78, 5) is 18.5. The van der Waals surface area contributed by atoms with Gasteiger partial charge in [-0.3, -0.25) is 0 Å². The molecule has 0 spiro atoms. The van der Waals surface area contributed by atoms with E-state index in [9.17, 15) is 18.0 Å². The molecule has 1 aromatic carbocycles. The van der Waals surface area contributed by atoms with Crippen molar-refractivity contribution in [3.05, 3.63) is 60.2 Å². The highest BCUT2D eigenvalue weighted by Gasteiger charge is 2.30. The van der Waals surface area contributed by atoms with Crippen molar-refractivity contribution in [3.63, 3.8) is 0 Å². The highest BCUT2D eigenvalue weighted by Crippen LogP contribution is 2.29. The van der Waals surface area contributed by atoms with E-state index < -0.39 is 17.7 Å². The quantitative estimate of drug-likeness (QED) is 0.752. The molecule has 0 aliphatic carbocycles. The molecule has 3 aromatic rings. The van der Waals surface area contributed by atoms with Gasteiger partial charge in [0.15, 0.2) is 0 Å². The number of aromatic nitrogens is 4. The lowest BCUT2D eigenvalue weighted by Gasteiger charge is -2.07. The Kier molecular flexibility index (Phi) is 4.09. The van der Waals surface area contributed by atoms with Gasteiger partial charge >= 0.3 is 12.1 Å². The Hall–Kier alpha value is -3.43. The summed E-state index contributed by atoms with van der Waals surface area (Å²) in [6, 6.07) is 7.29. The third-order valence-electron chi connectivity index (χ3n) is 3.19. The van der Waals surface area contributed by atoms with Crippen LogP contribution in [0.2, 0.25) is 0 Å². The fourth-order valence-corrected chi connectivity index (χ4v) is 1.97. The molecule has 0 saturated carbocycles. The van der Waals surface area contributed by atoms with E-state index in [4.69, 9.17) is 5.11 Å². The number of aromatic carboxylic acids is 1. The van der Waals surface area contributed by atoms with Crippen LogP contribution in [0, 0.1) is 0 Å². The number of carboxylic acid groups (broad SMARTS) is 1. The fraction of sp³-hybridized carbons (Fsp3) is 0.0667. The Morgan fingerprint density at radius 2 is 1.80 bits per heavy atom. The van der Waals surface area contributed by atoms with E-state index in [0.717, 1.165) is 12.1 Å². The van der Waals surface area contributed by atoms with Gasteiger partial charge in [-0.15, -0.1) is 5.10 Å². The number of halogens is 3. The Morgan fingerprint density at radius 3 is 2.36 bits per heavy atom. The van der Waals surface area contributed by atoms with Gasteiger partial charge in [0.05, 0.1) is 23.1 Å². The zero-order chi connectivity index (χ0) is 18.0. The van der Waals surface area contributed by atoms with E-state index >= 15 is 0 Å². The van der Waals surface area contributed by atoms with Crippen LogP contribution in [0.15, 0.2) is 48.9 Å². The Labute approximate surface area is 138 Å². The SMILES string of the molecule is O=C(O)c1ccc(Nc2ncn(-c3ccc(C(F)(F)F)cc3)n2)cn1. The smallest absolute Gasteiger partial charge is 0.416 e. The molecule has 0 bridgehead atoms. The number of nitrogens with zero attached hydrogens (tertiary/aromatic N) is 4. The van der Waals surface area contributed by atoms with Crippen LogP contribution in [0.4, 0.5) is 24.8 Å². The molecule has 128 valence electrons. The number of pyridine rings is 1. The Morgan fingerprint density at radius 1 is 1.08 bits per heavy atom. The monoisotopic (exact) mass is 349 g/mol. The molecular formula is C15H10F3N5O2. The number of rotatable bonds is 4. The first-order valence-electron chi connectivity index (χ1n) is 6.88.